The average molecular weight is 255 g/mol. The minimum Gasteiger partial charge on any atom is -0.505 e. The summed E-state index contributed by atoms with van der Waals surface area (Å²) in [5, 5.41) is 27.6. The lowest BCUT2D eigenvalue weighted by atomic mass is 10.1. The Hall–Kier alpha value is -2.22. The molecule has 0 aliphatic carbocycles. The van der Waals surface area contributed by atoms with Gasteiger partial charge in [0, 0.05) is 23.5 Å². The Morgan fingerprint density at radius 3 is 3.00 bits per heavy atom. The third-order valence-corrected chi connectivity index (χ3v) is 2.13. The van der Waals surface area contributed by atoms with Crippen molar-refractivity contribution >= 4 is 6.21 Å². The molecule has 0 unspecified atom stereocenters. The van der Waals surface area contributed by atoms with E-state index in [1.54, 1.807) is 6.92 Å². The van der Waals surface area contributed by atoms with E-state index < -0.39 is 5.09 Å². The number of aliphatic imine (C=N–C) groups is 1. The van der Waals surface area contributed by atoms with Gasteiger partial charge in [0.25, 0.3) is 5.09 Å². The van der Waals surface area contributed by atoms with Gasteiger partial charge in [0.2, 0.25) is 0 Å². The molecule has 0 amide bonds. The van der Waals surface area contributed by atoms with Crippen molar-refractivity contribution in [3.8, 4) is 5.75 Å². The lowest BCUT2D eigenvalue weighted by Gasteiger charge is -2.08. The molecule has 8 heteroatoms. The van der Waals surface area contributed by atoms with Crippen LogP contribution in [0.3, 0.4) is 0 Å². The zero-order valence-corrected chi connectivity index (χ0v) is 9.74. The molecular formula is C10H13N3O5. The maximum Gasteiger partial charge on any atom is 0.294 e. The zero-order valence-electron chi connectivity index (χ0n) is 9.74. The molecule has 18 heavy (non-hydrogen) atoms. The predicted molar refractivity (Wildman–Crippen MR) is 62.0 cm³/mol. The molecule has 1 rings (SSSR count). The minimum absolute atomic E-state index is 0.110. The molecule has 1 aromatic rings. The van der Waals surface area contributed by atoms with Crippen molar-refractivity contribution < 1.29 is 20.1 Å². The fourth-order valence-electron chi connectivity index (χ4n) is 1.25. The molecule has 0 bridgehead atoms. The van der Waals surface area contributed by atoms with Crippen molar-refractivity contribution in [3.63, 3.8) is 0 Å². The molecule has 0 saturated carbocycles. The second-order valence-corrected chi connectivity index (χ2v) is 3.39. The van der Waals surface area contributed by atoms with Crippen molar-refractivity contribution in [2.24, 2.45) is 4.99 Å². The van der Waals surface area contributed by atoms with Gasteiger partial charge in [0.15, 0.2) is 0 Å². The number of aryl methyl sites for hydroxylation is 1. The van der Waals surface area contributed by atoms with Crippen LogP contribution >= 0.6 is 0 Å². The van der Waals surface area contributed by atoms with Crippen LogP contribution in [0.15, 0.2) is 11.2 Å². The predicted octanol–water partition coefficient (Wildman–Crippen LogP) is 0.215. The first-order chi connectivity index (χ1) is 8.56. The van der Waals surface area contributed by atoms with E-state index in [1.165, 1.54) is 12.4 Å². The van der Waals surface area contributed by atoms with Gasteiger partial charge in [-0.05, 0) is 6.92 Å². The van der Waals surface area contributed by atoms with Gasteiger partial charge >= 0.3 is 0 Å². The maximum atomic E-state index is 10.1. The second-order valence-electron chi connectivity index (χ2n) is 3.39. The highest BCUT2D eigenvalue weighted by Crippen LogP contribution is 2.22. The third kappa shape index (κ3) is 3.67. The molecule has 1 heterocycles. The highest BCUT2D eigenvalue weighted by molar-refractivity contribution is 5.85. The number of rotatable bonds is 6. The molecule has 0 aliphatic heterocycles. The van der Waals surface area contributed by atoms with Gasteiger partial charge in [0.1, 0.15) is 12.4 Å². The van der Waals surface area contributed by atoms with E-state index in [1.807, 2.05) is 0 Å². The normalized spacial score (nSPS) is 10.8. The Balaban J connectivity index is 3.00. The lowest BCUT2D eigenvalue weighted by Crippen LogP contribution is -2.05. The van der Waals surface area contributed by atoms with Crippen LogP contribution in [-0.2, 0) is 11.4 Å². The van der Waals surface area contributed by atoms with Crippen molar-refractivity contribution in [2.75, 3.05) is 13.2 Å². The summed E-state index contributed by atoms with van der Waals surface area (Å²) in [4.78, 5) is 22.1. The fraction of sp³-hybridized carbons (Fsp3) is 0.400. The van der Waals surface area contributed by atoms with E-state index in [0.29, 0.717) is 16.8 Å². The van der Waals surface area contributed by atoms with Crippen molar-refractivity contribution in [3.05, 3.63) is 33.1 Å². The molecule has 8 nitrogen and oxygen atoms in total. The number of aliphatic hydroxyl groups excluding tert-OH is 1. The van der Waals surface area contributed by atoms with Crippen LogP contribution in [0.4, 0.5) is 0 Å². The number of aromatic nitrogens is 1. The van der Waals surface area contributed by atoms with Gasteiger partial charge < -0.3 is 15.1 Å². The van der Waals surface area contributed by atoms with Gasteiger partial charge in [-0.25, -0.2) is 0 Å². The van der Waals surface area contributed by atoms with Crippen LogP contribution in [0.2, 0.25) is 0 Å². The summed E-state index contributed by atoms with van der Waals surface area (Å²) in [6.45, 7) is 1.32. The largest absolute Gasteiger partial charge is 0.505 e. The fourth-order valence-corrected chi connectivity index (χ4v) is 1.25. The van der Waals surface area contributed by atoms with Crippen LogP contribution < -0.4 is 0 Å². The van der Waals surface area contributed by atoms with Crippen LogP contribution in [0.1, 0.15) is 16.8 Å². The minimum atomic E-state index is -0.925. The molecule has 0 aromatic carbocycles. The van der Waals surface area contributed by atoms with Gasteiger partial charge in [-0.1, -0.05) is 0 Å². The molecule has 0 radical (unpaired) electrons. The Bertz CT molecular complexity index is 461. The number of aromatic hydroxyl groups is 1. The van der Waals surface area contributed by atoms with Crippen molar-refractivity contribution in [1.29, 1.82) is 0 Å². The Kier molecular flexibility index (Phi) is 5.00. The summed E-state index contributed by atoms with van der Waals surface area (Å²) in [5.41, 5.74) is 1.03. The summed E-state index contributed by atoms with van der Waals surface area (Å²) in [6, 6.07) is 0. The van der Waals surface area contributed by atoms with E-state index in [9.17, 15) is 15.2 Å². The van der Waals surface area contributed by atoms with Crippen LogP contribution in [0.25, 0.3) is 0 Å². The SMILES string of the molecule is Cc1ncc(CO[N+](=O)[O-])c(C=NCCO)c1O. The van der Waals surface area contributed by atoms with E-state index in [-0.39, 0.29) is 25.5 Å². The molecule has 2 N–H and O–H groups in total. The van der Waals surface area contributed by atoms with E-state index in [2.05, 4.69) is 14.8 Å². The van der Waals surface area contributed by atoms with Gasteiger partial charge in [-0.2, -0.15) is 0 Å². The standard InChI is InChI=1S/C10H13N3O5/c1-7-10(15)9(5-11-2-3-14)8(4-12-7)6-18-13(16)17/h4-5,14-15H,2-3,6H2,1H3. The maximum absolute atomic E-state index is 10.1. The summed E-state index contributed by atoms with van der Waals surface area (Å²) < 4.78 is 0. The van der Waals surface area contributed by atoms with Crippen molar-refractivity contribution in [2.45, 2.75) is 13.5 Å². The molecule has 0 saturated heterocycles. The summed E-state index contributed by atoms with van der Waals surface area (Å²) in [5.74, 6) is -0.110. The molecule has 0 atom stereocenters. The third-order valence-electron chi connectivity index (χ3n) is 2.13. The van der Waals surface area contributed by atoms with E-state index >= 15 is 0 Å². The van der Waals surface area contributed by atoms with E-state index in [4.69, 9.17) is 5.11 Å². The van der Waals surface area contributed by atoms with Crippen molar-refractivity contribution in [1.82, 2.24) is 4.98 Å². The molecular weight excluding hydrogens is 242 g/mol. The second kappa shape index (κ2) is 6.50. The summed E-state index contributed by atoms with van der Waals surface area (Å²) in [6.07, 6.45) is 2.71. The summed E-state index contributed by atoms with van der Waals surface area (Å²) >= 11 is 0. The molecule has 98 valence electrons. The zero-order chi connectivity index (χ0) is 13.5. The highest BCUT2D eigenvalue weighted by Gasteiger charge is 2.11. The number of hydrogen-bond acceptors (Lipinski definition) is 7. The van der Waals surface area contributed by atoms with Gasteiger partial charge in [-0.3, -0.25) is 9.98 Å². The van der Waals surface area contributed by atoms with Gasteiger partial charge in [-0.15, -0.1) is 10.1 Å². The van der Waals surface area contributed by atoms with E-state index in [0.717, 1.165) is 0 Å². The molecule has 1 aromatic heterocycles. The van der Waals surface area contributed by atoms with Crippen LogP contribution in [-0.4, -0.2) is 39.6 Å². The Morgan fingerprint density at radius 1 is 1.67 bits per heavy atom. The first kappa shape index (κ1) is 13.8. The molecule has 0 fully saturated rings. The number of hydrogen-bond donors (Lipinski definition) is 2. The summed E-state index contributed by atoms with van der Waals surface area (Å²) in [7, 11) is 0. The highest BCUT2D eigenvalue weighted by atomic mass is 16.9. The molecule has 0 aliphatic rings. The average Bonchev–Trinajstić information content (AvgIpc) is 2.33. The van der Waals surface area contributed by atoms with Gasteiger partial charge in [0.05, 0.1) is 18.8 Å². The number of aliphatic hydroxyl groups is 1. The number of nitrogens with zero attached hydrogens (tertiary/aromatic N) is 3. The first-order valence-electron chi connectivity index (χ1n) is 5.11. The lowest BCUT2D eigenvalue weighted by molar-refractivity contribution is -0.763. The van der Waals surface area contributed by atoms with Crippen LogP contribution in [0, 0.1) is 17.0 Å². The number of pyridine rings is 1. The van der Waals surface area contributed by atoms with Crippen LogP contribution in [0.5, 0.6) is 5.75 Å². The first-order valence-corrected chi connectivity index (χ1v) is 5.11. The topological polar surface area (TPSA) is 118 Å². The Labute approximate surface area is 103 Å². The smallest absolute Gasteiger partial charge is 0.294 e. The monoisotopic (exact) mass is 255 g/mol. The molecule has 0 spiro atoms. The quantitative estimate of drug-likeness (QED) is 0.426. The Morgan fingerprint density at radius 2 is 2.39 bits per heavy atom.